The molecule has 1 saturated heterocycles. The largest absolute Gasteiger partial charge is 0.330 e. The summed E-state index contributed by atoms with van der Waals surface area (Å²) in [6, 6.07) is 3.85. The van der Waals surface area contributed by atoms with E-state index >= 15 is 0 Å². The van der Waals surface area contributed by atoms with Gasteiger partial charge in [0.1, 0.15) is 11.6 Å². The van der Waals surface area contributed by atoms with Crippen molar-refractivity contribution in [3.63, 3.8) is 0 Å². The van der Waals surface area contributed by atoms with Crippen molar-refractivity contribution < 1.29 is 8.78 Å². The minimum atomic E-state index is -0.518. The van der Waals surface area contributed by atoms with Crippen molar-refractivity contribution in [3.05, 3.63) is 35.4 Å². The average molecular weight is 268 g/mol. The lowest BCUT2D eigenvalue weighted by atomic mass is 9.92. The summed E-state index contributed by atoms with van der Waals surface area (Å²) >= 11 is 0. The molecule has 1 aliphatic heterocycles. The van der Waals surface area contributed by atoms with Gasteiger partial charge in [-0.2, -0.15) is 0 Å². The Hall–Kier alpha value is -1.00. The standard InChI is InChI=1S/C15H22F2N2/c1-11(14-3-2-13(16)10-15(14)17)19-8-5-12(4-7-18)6-9-19/h2-3,10-12H,4-9,18H2,1H3. The summed E-state index contributed by atoms with van der Waals surface area (Å²) in [4.78, 5) is 2.27. The second-order valence-corrected chi connectivity index (χ2v) is 5.40. The number of hydrogen-bond donors (Lipinski definition) is 1. The van der Waals surface area contributed by atoms with Gasteiger partial charge in [0.05, 0.1) is 0 Å². The van der Waals surface area contributed by atoms with Gasteiger partial charge in [-0.25, -0.2) is 8.78 Å². The van der Waals surface area contributed by atoms with E-state index in [0.29, 0.717) is 11.5 Å². The Kier molecular flexibility index (Phi) is 4.88. The zero-order valence-electron chi connectivity index (χ0n) is 11.4. The van der Waals surface area contributed by atoms with Gasteiger partial charge in [0.15, 0.2) is 0 Å². The number of benzene rings is 1. The van der Waals surface area contributed by atoms with Gasteiger partial charge in [0.2, 0.25) is 0 Å². The lowest BCUT2D eigenvalue weighted by Gasteiger charge is -2.36. The fraction of sp³-hybridized carbons (Fsp3) is 0.600. The molecule has 1 heterocycles. The highest BCUT2D eigenvalue weighted by atomic mass is 19.1. The normalized spacial score (nSPS) is 19.6. The van der Waals surface area contributed by atoms with Crippen LogP contribution in [-0.4, -0.2) is 24.5 Å². The molecule has 1 fully saturated rings. The Bertz CT molecular complexity index is 415. The highest BCUT2D eigenvalue weighted by Gasteiger charge is 2.24. The highest BCUT2D eigenvalue weighted by molar-refractivity contribution is 5.21. The minimum absolute atomic E-state index is 0.000531. The highest BCUT2D eigenvalue weighted by Crippen LogP contribution is 2.29. The van der Waals surface area contributed by atoms with E-state index in [0.717, 1.165) is 45.0 Å². The second-order valence-electron chi connectivity index (χ2n) is 5.40. The molecule has 2 N–H and O–H groups in total. The van der Waals surface area contributed by atoms with Crippen molar-refractivity contribution in [1.82, 2.24) is 4.90 Å². The Balaban J connectivity index is 1.99. The molecule has 1 aliphatic rings. The summed E-state index contributed by atoms with van der Waals surface area (Å²) in [5.41, 5.74) is 6.16. The molecule has 1 unspecified atom stereocenters. The molecule has 0 amide bonds. The van der Waals surface area contributed by atoms with Gasteiger partial charge in [-0.3, -0.25) is 4.90 Å². The second kappa shape index (κ2) is 6.44. The first-order chi connectivity index (χ1) is 9.11. The molecule has 4 heteroatoms. The maximum Gasteiger partial charge on any atom is 0.130 e. The molecule has 2 nitrogen and oxygen atoms in total. The van der Waals surface area contributed by atoms with Crippen LogP contribution in [0.2, 0.25) is 0 Å². The van der Waals surface area contributed by atoms with E-state index in [9.17, 15) is 8.78 Å². The number of nitrogens with zero attached hydrogens (tertiary/aromatic N) is 1. The van der Waals surface area contributed by atoms with Gasteiger partial charge < -0.3 is 5.73 Å². The van der Waals surface area contributed by atoms with E-state index in [1.165, 1.54) is 6.07 Å². The summed E-state index contributed by atoms with van der Waals surface area (Å²) in [6.07, 6.45) is 3.31. The van der Waals surface area contributed by atoms with E-state index in [1.54, 1.807) is 6.07 Å². The van der Waals surface area contributed by atoms with Crippen molar-refractivity contribution in [2.24, 2.45) is 11.7 Å². The SMILES string of the molecule is CC(c1ccc(F)cc1F)N1CCC(CCN)CC1. The van der Waals surface area contributed by atoms with Gasteiger partial charge in [0.25, 0.3) is 0 Å². The maximum atomic E-state index is 13.8. The number of halogens is 2. The van der Waals surface area contributed by atoms with Gasteiger partial charge in [-0.15, -0.1) is 0 Å². The Labute approximate surface area is 113 Å². The third-order valence-electron chi connectivity index (χ3n) is 4.18. The lowest BCUT2D eigenvalue weighted by Crippen LogP contribution is -2.36. The summed E-state index contributed by atoms with van der Waals surface area (Å²) in [5.74, 6) is -0.266. The van der Waals surface area contributed by atoms with E-state index in [4.69, 9.17) is 5.73 Å². The third kappa shape index (κ3) is 3.51. The molecule has 0 aliphatic carbocycles. The smallest absolute Gasteiger partial charge is 0.130 e. The van der Waals surface area contributed by atoms with E-state index < -0.39 is 11.6 Å². The van der Waals surface area contributed by atoms with Gasteiger partial charge in [-0.1, -0.05) is 6.07 Å². The molecule has 2 rings (SSSR count). The molecule has 1 atom stereocenters. The average Bonchev–Trinajstić information content (AvgIpc) is 2.39. The van der Waals surface area contributed by atoms with Crippen molar-refractivity contribution >= 4 is 0 Å². The predicted octanol–water partition coefficient (Wildman–Crippen LogP) is 3.09. The molecule has 0 spiro atoms. The Morgan fingerprint density at radius 3 is 2.58 bits per heavy atom. The molecule has 0 saturated carbocycles. The zero-order chi connectivity index (χ0) is 13.8. The zero-order valence-corrected chi connectivity index (χ0v) is 11.4. The Morgan fingerprint density at radius 2 is 2.00 bits per heavy atom. The van der Waals surface area contributed by atoms with Gasteiger partial charge in [0, 0.05) is 17.7 Å². The van der Waals surface area contributed by atoms with Crippen molar-refractivity contribution in [2.45, 2.75) is 32.2 Å². The van der Waals surface area contributed by atoms with Crippen LogP contribution in [0.4, 0.5) is 8.78 Å². The van der Waals surface area contributed by atoms with Crippen LogP contribution >= 0.6 is 0 Å². The summed E-state index contributed by atoms with van der Waals surface area (Å²) < 4.78 is 26.7. The van der Waals surface area contributed by atoms with Crippen LogP contribution in [0.5, 0.6) is 0 Å². The van der Waals surface area contributed by atoms with Crippen molar-refractivity contribution in [3.8, 4) is 0 Å². The van der Waals surface area contributed by atoms with Crippen LogP contribution in [0.3, 0.4) is 0 Å². The van der Waals surface area contributed by atoms with Crippen LogP contribution in [0.1, 0.15) is 37.8 Å². The van der Waals surface area contributed by atoms with Gasteiger partial charge >= 0.3 is 0 Å². The topological polar surface area (TPSA) is 29.3 Å². The number of nitrogens with two attached hydrogens (primary N) is 1. The molecule has 19 heavy (non-hydrogen) atoms. The summed E-state index contributed by atoms with van der Waals surface area (Å²) in [6.45, 7) is 4.65. The summed E-state index contributed by atoms with van der Waals surface area (Å²) in [7, 11) is 0. The summed E-state index contributed by atoms with van der Waals surface area (Å²) in [5, 5.41) is 0. The number of rotatable bonds is 4. The van der Waals surface area contributed by atoms with Crippen molar-refractivity contribution in [1.29, 1.82) is 0 Å². The molecule has 1 aromatic rings. The molecule has 1 aromatic carbocycles. The number of hydrogen-bond acceptors (Lipinski definition) is 2. The molecule has 0 aromatic heterocycles. The first-order valence-corrected chi connectivity index (χ1v) is 7.01. The number of likely N-dealkylation sites (tertiary alicyclic amines) is 1. The van der Waals surface area contributed by atoms with Crippen LogP contribution in [-0.2, 0) is 0 Å². The van der Waals surface area contributed by atoms with Crippen LogP contribution in [0.25, 0.3) is 0 Å². The van der Waals surface area contributed by atoms with Crippen LogP contribution in [0, 0.1) is 17.6 Å². The first-order valence-electron chi connectivity index (χ1n) is 7.01. The van der Waals surface area contributed by atoms with Crippen LogP contribution < -0.4 is 5.73 Å². The van der Waals surface area contributed by atoms with Gasteiger partial charge in [-0.05, 0) is 57.8 Å². The van der Waals surface area contributed by atoms with Crippen LogP contribution in [0.15, 0.2) is 18.2 Å². The third-order valence-corrected chi connectivity index (χ3v) is 4.18. The minimum Gasteiger partial charge on any atom is -0.330 e. The first kappa shape index (κ1) is 14.4. The van der Waals surface area contributed by atoms with E-state index in [-0.39, 0.29) is 6.04 Å². The maximum absolute atomic E-state index is 13.8. The Morgan fingerprint density at radius 1 is 1.32 bits per heavy atom. The lowest BCUT2D eigenvalue weighted by molar-refractivity contribution is 0.136. The molecular weight excluding hydrogens is 246 g/mol. The van der Waals surface area contributed by atoms with E-state index in [2.05, 4.69) is 4.90 Å². The quantitative estimate of drug-likeness (QED) is 0.909. The van der Waals surface area contributed by atoms with E-state index in [1.807, 2.05) is 6.92 Å². The fourth-order valence-corrected chi connectivity index (χ4v) is 2.90. The van der Waals surface area contributed by atoms with Crippen molar-refractivity contribution in [2.75, 3.05) is 19.6 Å². The monoisotopic (exact) mass is 268 g/mol. The molecule has 0 radical (unpaired) electrons. The molecule has 0 bridgehead atoms. The molecular formula is C15H22F2N2. The molecule has 106 valence electrons. The predicted molar refractivity (Wildman–Crippen MR) is 72.7 cm³/mol. The fourth-order valence-electron chi connectivity index (χ4n) is 2.90. The number of piperidine rings is 1.